The second-order valence-electron chi connectivity index (χ2n) is 0.0745. The van der Waals surface area contributed by atoms with E-state index in [4.69, 9.17) is 9.13 Å². The van der Waals surface area contributed by atoms with E-state index < -0.39 is 8.34 Å². The SMILES string of the molecule is Br.O=[P+]=O. The summed E-state index contributed by atoms with van der Waals surface area (Å²) in [4.78, 5) is 0. The van der Waals surface area contributed by atoms with Crippen LogP contribution in [0.4, 0.5) is 0 Å². The van der Waals surface area contributed by atoms with E-state index in [1.54, 1.807) is 0 Å². The number of hydrogen-bond donors (Lipinski definition) is 0. The van der Waals surface area contributed by atoms with Crippen LogP contribution in [0.15, 0.2) is 0 Å². The van der Waals surface area contributed by atoms with Crippen LogP contribution in [0.3, 0.4) is 0 Å². The quantitative estimate of drug-likeness (QED) is 0.478. The molecule has 0 spiro atoms. The molecule has 0 heterocycles. The van der Waals surface area contributed by atoms with Crippen molar-refractivity contribution < 1.29 is 9.13 Å². The van der Waals surface area contributed by atoms with Gasteiger partial charge in [-0.25, -0.2) is 0 Å². The van der Waals surface area contributed by atoms with Crippen LogP contribution in [0.1, 0.15) is 0 Å². The van der Waals surface area contributed by atoms with Gasteiger partial charge >= 0.3 is 17.5 Å². The first-order valence-corrected chi connectivity index (χ1v) is 1.10. The molecule has 4 heteroatoms. The Labute approximate surface area is 35.2 Å². The van der Waals surface area contributed by atoms with Gasteiger partial charge in [0.25, 0.3) is 0 Å². The first-order valence-electron chi connectivity index (χ1n) is 0.365. The number of hydrogen-bond acceptors (Lipinski definition) is 2. The Kier molecular flexibility index (Phi) is 21.4. The van der Waals surface area contributed by atoms with Gasteiger partial charge in [-0.15, -0.1) is 17.0 Å². The van der Waals surface area contributed by atoms with Crippen molar-refractivity contribution in [1.82, 2.24) is 0 Å². The van der Waals surface area contributed by atoms with Crippen LogP contribution in [0.2, 0.25) is 0 Å². The van der Waals surface area contributed by atoms with E-state index in [-0.39, 0.29) is 17.0 Å². The van der Waals surface area contributed by atoms with Crippen molar-refractivity contribution in [1.29, 1.82) is 0 Å². The van der Waals surface area contributed by atoms with Crippen LogP contribution in [0, 0.1) is 0 Å². The summed E-state index contributed by atoms with van der Waals surface area (Å²) in [6.45, 7) is 0. The van der Waals surface area contributed by atoms with Gasteiger partial charge in [0.2, 0.25) is 0 Å². The van der Waals surface area contributed by atoms with Crippen molar-refractivity contribution in [2.45, 2.75) is 0 Å². The molecule has 24 valence electrons. The molecular formula is HBrO2P+. The van der Waals surface area contributed by atoms with Crippen molar-refractivity contribution in [2.75, 3.05) is 0 Å². The van der Waals surface area contributed by atoms with Crippen LogP contribution >= 0.6 is 25.3 Å². The third-order valence-electron chi connectivity index (χ3n) is 0. The molecule has 0 aliphatic heterocycles. The molecule has 0 rings (SSSR count). The van der Waals surface area contributed by atoms with Crippen LogP contribution in [-0.4, -0.2) is 0 Å². The van der Waals surface area contributed by atoms with Crippen molar-refractivity contribution in [3.05, 3.63) is 0 Å². The zero-order valence-electron chi connectivity index (χ0n) is 1.67. The Balaban J connectivity index is 0. The predicted octanol–water partition coefficient (Wildman–Crippen LogP) is 1.20. The monoisotopic (exact) mass is 143 g/mol. The Morgan fingerprint density at radius 2 is 1.25 bits per heavy atom. The van der Waals surface area contributed by atoms with Gasteiger partial charge in [-0.05, 0) is 0 Å². The molecule has 4 heavy (non-hydrogen) atoms. The average Bonchev–Trinajstić information content (AvgIpc) is 0.918. The Morgan fingerprint density at radius 1 is 1.25 bits per heavy atom. The van der Waals surface area contributed by atoms with E-state index in [2.05, 4.69) is 0 Å². The molecule has 0 fully saturated rings. The molecule has 0 amide bonds. The fourth-order valence-corrected chi connectivity index (χ4v) is 0. The minimum absolute atomic E-state index is 0. The molecule has 0 saturated carbocycles. The molecule has 0 N–H and O–H groups in total. The van der Waals surface area contributed by atoms with E-state index >= 15 is 0 Å². The first kappa shape index (κ1) is 8.82. The van der Waals surface area contributed by atoms with Gasteiger partial charge in [0.15, 0.2) is 0 Å². The molecule has 0 unspecified atom stereocenters. The van der Waals surface area contributed by atoms with Gasteiger partial charge in [0.05, 0.1) is 0 Å². The van der Waals surface area contributed by atoms with Crippen molar-refractivity contribution >= 4 is 25.3 Å². The number of rotatable bonds is 0. The van der Waals surface area contributed by atoms with Crippen LogP contribution in [0.5, 0.6) is 0 Å². The van der Waals surface area contributed by atoms with Gasteiger partial charge in [0, 0.05) is 0 Å². The Hall–Kier alpha value is 0.510. The summed E-state index contributed by atoms with van der Waals surface area (Å²) in [6, 6.07) is 0. The predicted molar refractivity (Wildman–Crippen MR) is 18.6 cm³/mol. The van der Waals surface area contributed by atoms with Gasteiger partial charge < -0.3 is 0 Å². The zero-order chi connectivity index (χ0) is 2.71. The molecule has 2 nitrogen and oxygen atoms in total. The van der Waals surface area contributed by atoms with Crippen molar-refractivity contribution in [2.24, 2.45) is 0 Å². The van der Waals surface area contributed by atoms with Gasteiger partial charge in [-0.1, -0.05) is 0 Å². The fourth-order valence-electron chi connectivity index (χ4n) is 0. The molecule has 0 aromatic carbocycles. The van der Waals surface area contributed by atoms with Crippen LogP contribution in [-0.2, 0) is 9.13 Å². The summed E-state index contributed by atoms with van der Waals surface area (Å²) in [7, 11) is -1.08. The van der Waals surface area contributed by atoms with Gasteiger partial charge in [-0.3, -0.25) is 0 Å². The summed E-state index contributed by atoms with van der Waals surface area (Å²) < 4.78 is 16.7. The molecular weight excluding hydrogens is 143 g/mol. The number of halogens is 1. The first-order chi connectivity index (χ1) is 1.41. The summed E-state index contributed by atoms with van der Waals surface area (Å²) in [5, 5.41) is 0. The molecule has 0 aliphatic carbocycles. The normalized spacial score (nSPS) is 2.00. The summed E-state index contributed by atoms with van der Waals surface area (Å²) in [5.74, 6) is 0. The second kappa shape index (κ2) is 9.70. The fraction of sp³-hybridized carbons (Fsp3) is 0. The summed E-state index contributed by atoms with van der Waals surface area (Å²) in [5.41, 5.74) is 0. The third kappa shape index (κ3) is 22.0. The average molecular weight is 144 g/mol. The van der Waals surface area contributed by atoms with Crippen LogP contribution in [0.25, 0.3) is 0 Å². The summed E-state index contributed by atoms with van der Waals surface area (Å²) >= 11 is 0. The third-order valence-corrected chi connectivity index (χ3v) is 0. The van der Waals surface area contributed by atoms with E-state index in [0.717, 1.165) is 0 Å². The van der Waals surface area contributed by atoms with Gasteiger partial charge in [0.1, 0.15) is 0 Å². The van der Waals surface area contributed by atoms with Gasteiger partial charge in [-0.2, -0.15) is 0 Å². The molecule has 0 aliphatic rings. The standard InChI is InChI=1S/BrH.O2P/c;1-3-2/h1H;/q;+1. The van der Waals surface area contributed by atoms with E-state index in [1.807, 2.05) is 0 Å². The molecule has 0 saturated heterocycles. The Morgan fingerprint density at radius 3 is 1.25 bits per heavy atom. The van der Waals surface area contributed by atoms with E-state index in [0.29, 0.717) is 0 Å². The van der Waals surface area contributed by atoms with Crippen molar-refractivity contribution in [3.8, 4) is 0 Å². The molecule has 0 radical (unpaired) electrons. The second-order valence-corrected chi connectivity index (χ2v) is 0.224. The Bertz CT molecular complexity index is 27.0. The maximum atomic E-state index is 8.35. The maximum absolute atomic E-state index is 8.35. The molecule has 0 bridgehead atoms. The molecule has 0 aromatic rings. The summed E-state index contributed by atoms with van der Waals surface area (Å²) in [6.07, 6.45) is 0. The van der Waals surface area contributed by atoms with E-state index in [9.17, 15) is 0 Å². The molecule has 0 aromatic heterocycles. The van der Waals surface area contributed by atoms with Crippen LogP contribution < -0.4 is 0 Å². The van der Waals surface area contributed by atoms with E-state index in [1.165, 1.54) is 0 Å². The topological polar surface area (TPSA) is 34.1 Å². The zero-order valence-corrected chi connectivity index (χ0v) is 4.28. The molecule has 0 atom stereocenters. The van der Waals surface area contributed by atoms with Crippen molar-refractivity contribution in [3.63, 3.8) is 0 Å². The minimum atomic E-state index is -1.08.